The fourth-order valence-electron chi connectivity index (χ4n) is 1.15. The molecule has 1 unspecified atom stereocenters. The Balaban J connectivity index is 2.46. The SMILES string of the molecule is COC(=O)C(=O)C1CCNC1. The summed E-state index contributed by atoms with van der Waals surface area (Å²) in [6.45, 7) is 1.42. The number of esters is 1. The molecule has 0 amide bonds. The van der Waals surface area contributed by atoms with E-state index in [0.717, 1.165) is 13.0 Å². The highest BCUT2D eigenvalue weighted by Crippen LogP contribution is 2.08. The molecule has 1 aliphatic heterocycles. The zero-order valence-corrected chi connectivity index (χ0v) is 6.42. The van der Waals surface area contributed by atoms with E-state index in [-0.39, 0.29) is 5.92 Å². The van der Waals surface area contributed by atoms with E-state index in [4.69, 9.17) is 0 Å². The number of Topliss-reactive ketones (excluding diaryl/α,β-unsaturated/α-hetero) is 1. The molecule has 0 aromatic rings. The van der Waals surface area contributed by atoms with E-state index in [0.29, 0.717) is 6.54 Å². The van der Waals surface area contributed by atoms with Gasteiger partial charge in [-0.3, -0.25) is 4.79 Å². The molecular formula is C7H11NO3. The average Bonchev–Trinajstić information content (AvgIpc) is 2.53. The van der Waals surface area contributed by atoms with Crippen LogP contribution >= 0.6 is 0 Å². The molecule has 0 aromatic carbocycles. The molecule has 1 heterocycles. The molecule has 0 aliphatic carbocycles. The van der Waals surface area contributed by atoms with Gasteiger partial charge in [-0.1, -0.05) is 0 Å². The van der Waals surface area contributed by atoms with Crippen LogP contribution in [0.3, 0.4) is 0 Å². The van der Waals surface area contributed by atoms with Crippen molar-refractivity contribution >= 4 is 11.8 Å². The second-order valence-corrected chi connectivity index (χ2v) is 2.55. The zero-order valence-electron chi connectivity index (χ0n) is 6.42. The van der Waals surface area contributed by atoms with Crippen molar-refractivity contribution in [1.29, 1.82) is 0 Å². The van der Waals surface area contributed by atoms with Crippen LogP contribution in [-0.2, 0) is 14.3 Å². The Kier molecular flexibility index (Phi) is 2.59. The quantitative estimate of drug-likeness (QED) is 0.427. The van der Waals surface area contributed by atoms with Crippen LogP contribution in [0.4, 0.5) is 0 Å². The highest BCUT2D eigenvalue weighted by atomic mass is 16.5. The molecule has 11 heavy (non-hydrogen) atoms. The fraction of sp³-hybridized carbons (Fsp3) is 0.714. The maximum absolute atomic E-state index is 11.1. The van der Waals surface area contributed by atoms with Crippen LogP contribution in [0.15, 0.2) is 0 Å². The van der Waals surface area contributed by atoms with Gasteiger partial charge in [-0.2, -0.15) is 0 Å². The summed E-state index contributed by atoms with van der Waals surface area (Å²) in [7, 11) is 1.22. The molecule has 1 rings (SSSR count). The van der Waals surface area contributed by atoms with E-state index >= 15 is 0 Å². The van der Waals surface area contributed by atoms with Gasteiger partial charge in [0.25, 0.3) is 0 Å². The van der Waals surface area contributed by atoms with Crippen molar-refractivity contribution in [3.05, 3.63) is 0 Å². The minimum Gasteiger partial charge on any atom is -0.463 e. The second-order valence-electron chi connectivity index (χ2n) is 2.55. The van der Waals surface area contributed by atoms with Crippen molar-refractivity contribution in [2.24, 2.45) is 5.92 Å². The number of hydrogen-bond donors (Lipinski definition) is 1. The predicted octanol–water partition coefficient (Wildman–Crippen LogP) is -0.662. The van der Waals surface area contributed by atoms with E-state index in [2.05, 4.69) is 10.1 Å². The van der Waals surface area contributed by atoms with Gasteiger partial charge in [0.15, 0.2) is 0 Å². The number of rotatable bonds is 2. The van der Waals surface area contributed by atoms with Gasteiger partial charge in [-0.05, 0) is 13.0 Å². The monoisotopic (exact) mass is 157 g/mol. The van der Waals surface area contributed by atoms with E-state index in [1.165, 1.54) is 7.11 Å². The lowest BCUT2D eigenvalue weighted by atomic mass is 10.0. The van der Waals surface area contributed by atoms with Crippen LogP contribution in [-0.4, -0.2) is 32.0 Å². The number of methoxy groups -OCH3 is 1. The molecule has 1 aliphatic rings. The topological polar surface area (TPSA) is 55.4 Å². The Hall–Kier alpha value is -0.900. The van der Waals surface area contributed by atoms with Gasteiger partial charge in [-0.15, -0.1) is 0 Å². The first-order valence-electron chi connectivity index (χ1n) is 3.58. The fourth-order valence-corrected chi connectivity index (χ4v) is 1.15. The smallest absolute Gasteiger partial charge is 0.374 e. The number of nitrogens with one attached hydrogen (secondary N) is 1. The Bertz CT molecular complexity index is 173. The van der Waals surface area contributed by atoms with Gasteiger partial charge in [0.1, 0.15) is 0 Å². The number of hydrogen-bond acceptors (Lipinski definition) is 4. The summed E-state index contributed by atoms with van der Waals surface area (Å²) < 4.78 is 4.31. The minimum atomic E-state index is -0.723. The Morgan fingerprint density at radius 3 is 2.73 bits per heavy atom. The first kappa shape index (κ1) is 8.20. The molecule has 1 saturated heterocycles. The second kappa shape index (κ2) is 3.48. The molecule has 62 valence electrons. The Morgan fingerprint density at radius 2 is 2.27 bits per heavy atom. The number of ether oxygens (including phenoxy) is 1. The zero-order chi connectivity index (χ0) is 8.27. The number of carbonyl (C=O) groups is 2. The summed E-state index contributed by atoms with van der Waals surface area (Å²) in [4.78, 5) is 21.8. The first-order valence-corrected chi connectivity index (χ1v) is 3.58. The largest absolute Gasteiger partial charge is 0.463 e. The third-order valence-electron chi connectivity index (χ3n) is 1.82. The molecule has 0 saturated carbocycles. The summed E-state index contributed by atoms with van der Waals surface area (Å²) in [6, 6.07) is 0. The molecule has 1 N–H and O–H groups in total. The average molecular weight is 157 g/mol. The van der Waals surface area contributed by atoms with Crippen molar-refractivity contribution < 1.29 is 14.3 Å². The summed E-state index contributed by atoms with van der Waals surface area (Å²) in [5, 5.41) is 3.00. The highest BCUT2D eigenvalue weighted by Gasteiger charge is 2.28. The third kappa shape index (κ3) is 1.77. The molecule has 0 spiro atoms. The summed E-state index contributed by atoms with van der Waals surface area (Å²) in [5.74, 6) is -1.29. The maximum atomic E-state index is 11.1. The van der Waals surface area contributed by atoms with Crippen molar-refractivity contribution in [2.45, 2.75) is 6.42 Å². The van der Waals surface area contributed by atoms with Gasteiger partial charge in [0.05, 0.1) is 7.11 Å². The molecule has 4 nitrogen and oxygen atoms in total. The molecule has 4 heteroatoms. The van der Waals surface area contributed by atoms with Crippen LogP contribution in [0.5, 0.6) is 0 Å². The first-order chi connectivity index (χ1) is 5.25. The Morgan fingerprint density at radius 1 is 1.55 bits per heavy atom. The molecule has 1 atom stereocenters. The van der Waals surface area contributed by atoms with Crippen molar-refractivity contribution in [2.75, 3.05) is 20.2 Å². The van der Waals surface area contributed by atoms with Crippen LogP contribution in [0, 0.1) is 5.92 Å². The summed E-state index contributed by atoms with van der Waals surface area (Å²) in [5.41, 5.74) is 0. The minimum absolute atomic E-state index is 0.164. The molecule has 0 aromatic heterocycles. The molecule has 1 fully saturated rings. The lowest BCUT2D eigenvalue weighted by Crippen LogP contribution is -2.26. The van der Waals surface area contributed by atoms with E-state index < -0.39 is 11.8 Å². The molecular weight excluding hydrogens is 146 g/mol. The van der Waals surface area contributed by atoms with Gasteiger partial charge >= 0.3 is 5.97 Å². The van der Waals surface area contributed by atoms with E-state index in [9.17, 15) is 9.59 Å². The summed E-state index contributed by atoms with van der Waals surface area (Å²) >= 11 is 0. The lowest BCUT2D eigenvalue weighted by Gasteiger charge is -2.03. The Labute approximate surface area is 64.9 Å². The van der Waals surface area contributed by atoms with Gasteiger partial charge in [0, 0.05) is 12.5 Å². The van der Waals surface area contributed by atoms with Crippen molar-refractivity contribution in [3.63, 3.8) is 0 Å². The maximum Gasteiger partial charge on any atom is 0.374 e. The van der Waals surface area contributed by atoms with E-state index in [1.807, 2.05) is 0 Å². The van der Waals surface area contributed by atoms with Gasteiger partial charge in [0.2, 0.25) is 5.78 Å². The number of ketones is 1. The summed E-state index contributed by atoms with van der Waals surface area (Å²) in [6.07, 6.45) is 0.744. The lowest BCUT2D eigenvalue weighted by molar-refractivity contribution is -0.153. The number of carbonyl (C=O) groups excluding carboxylic acids is 2. The van der Waals surface area contributed by atoms with E-state index in [1.54, 1.807) is 0 Å². The predicted molar refractivity (Wildman–Crippen MR) is 38.0 cm³/mol. The van der Waals surface area contributed by atoms with Crippen LogP contribution in [0.25, 0.3) is 0 Å². The third-order valence-corrected chi connectivity index (χ3v) is 1.82. The normalized spacial score (nSPS) is 23.2. The van der Waals surface area contributed by atoms with Crippen molar-refractivity contribution in [1.82, 2.24) is 5.32 Å². The van der Waals surface area contributed by atoms with Crippen LogP contribution < -0.4 is 5.32 Å². The van der Waals surface area contributed by atoms with Gasteiger partial charge in [-0.25, -0.2) is 4.79 Å². The van der Waals surface area contributed by atoms with Crippen LogP contribution in [0.2, 0.25) is 0 Å². The van der Waals surface area contributed by atoms with Gasteiger partial charge < -0.3 is 10.1 Å². The van der Waals surface area contributed by atoms with Crippen molar-refractivity contribution in [3.8, 4) is 0 Å². The highest BCUT2D eigenvalue weighted by molar-refractivity contribution is 6.34. The standard InChI is InChI=1S/C7H11NO3/c1-11-7(10)6(9)5-2-3-8-4-5/h5,8H,2-4H2,1H3. The van der Waals surface area contributed by atoms with Crippen LogP contribution in [0.1, 0.15) is 6.42 Å². The molecule has 0 radical (unpaired) electrons. The molecule has 0 bridgehead atoms.